The van der Waals surface area contributed by atoms with Crippen LogP contribution in [0.25, 0.3) is 0 Å². The van der Waals surface area contributed by atoms with Crippen LogP contribution in [0.1, 0.15) is 36.5 Å². The van der Waals surface area contributed by atoms with Gasteiger partial charge in [-0.3, -0.25) is 13.9 Å². The van der Waals surface area contributed by atoms with Crippen molar-refractivity contribution < 1.29 is 22.7 Å². The van der Waals surface area contributed by atoms with E-state index >= 15 is 0 Å². The molecule has 0 bridgehead atoms. The van der Waals surface area contributed by atoms with Crippen molar-refractivity contribution in [1.82, 2.24) is 10.2 Å². The van der Waals surface area contributed by atoms with Gasteiger partial charge in [-0.1, -0.05) is 102 Å². The normalized spacial score (nSPS) is 11.9. The number of sulfonamides is 1. The van der Waals surface area contributed by atoms with Crippen LogP contribution in [0.3, 0.4) is 0 Å². The molecule has 12 heteroatoms. The van der Waals surface area contributed by atoms with Crippen LogP contribution in [0.2, 0.25) is 15.1 Å². The highest BCUT2D eigenvalue weighted by Gasteiger charge is 2.35. The number of rotatable bonds is 15. The summed E-state index contributed by atoms with van der Waals surface area (Å²) in [5.74, 6) is -0.703. The first kappa shape index (κ1) is 37.1. The molecule has 0 spiro atoms. The minimum absolute atomic E-state index is 0.0216. The third kappa shape index (κ3) is 9.23. The fraction of sp³-hybridized carbons (Fsp3) is 0.278. The average Bonchev–Trinajstić information content (AvgIpc) is 3.07. The van der Waals surface area contributed by atoms with Crippen LogP contribution in [-0.4, -0.2) is 51.4 Å². The second-order valence-electron chi connectivity index (χ2n) is 11.2. The summed E-state index contributed by atoms with van der Waals surface area (Å²) in [6.07, 6.45) is 1.76. The van der Waals surface area contributed by atoms with Crippen LogP contribution in [0.15, 0.2) is 95.9 Å². The summed E-state index contributed by atoms with van der Waals surface area (Å²) in [6.45, 7) is 3.45. The molecule has 0 radical (unpaired) electrons. The number of amides is 2. The smallest absolute Gasteiger partial charge is 0.264 e. The third-order valence-corrected chi connectivity index (χ3v) is 10.6. The number of ether oxygens (including phenoxy) is 1. The van der Waals surface area contributed by atoms with Crippen LogP contribution in [0.5, 0.6) is 5.75 Å². The van der Waals surface area contributed by atoms with Gasteiger partial charge in [-0.2, -0.15) is 0 Å². The molecular weight excluding hydrogens is 693 g/mol. The van der Waals surface area contributed by atoms with Gasteiger partial charge < -0.3 is 15.0 Å². The Morgan fingerprint density at radius 3 is 2.15 bits per heavy atom. The van der Waals surface area contributed by atoms with Crippen molar-refractivity contribution in [2.45, 2.75) is 50.6 Å². The highest BCUT2D eigenvalue weighted by atomic mass is 35.5. The van der Waals surface area contributed by atoms with Gasteiger partial charge in [0.05, 0.1) is 22.7 Å². The standard InChI is InChI=1S/C36H38Cl3N3O5S/c1-4-5-20-40-36(44)33(21-26-10-7-6-8-11-26)41(23-29-30(37)12-9-13-31(29)38)35(43)24-42(27-16-19-34(47-3)32(39)22-27)48(45,46)28-17-14-25(2)15-18-28/h6-19,22,33H,4-5,20-21,23-24H2,1-3H3,(H,40,44). The predicted octanol–water partition coefficient (Wildman–Crippen LogP) is 7.72. The molecule has 0 heterocycles. The summed E-state index contributed by atoms with van der Waals surface area (Å²) in [5.41, 5.74) is 2.23. The molecule has 0 aromatic heterocycles. The number of hydrogen-bond acceptors (Lipinski definition) is 5. The van der Waals surface area contributed by atoms with Gasteiger partial charge in [0.25, 0.3) is 10.0 Å². The maximum Gasteiger partial charge on any atom is 0.264 e. The van der Waals surface area contributed by atoms with Crippen molar-refractivity contribution in [1.29, 1.82) is 0 Å². The Morgan fingerprint density at radius 2 is 1.54 bits per heavy atom. The molecule has 4 aromatic carbocycles. The van der Waals surface area contributed by atoms with Gasteiger partial charge in [-0.15, -0.1) is 0 Å². The lowest BCUT2D eigenvalue weighted by molar-refractivity contribution is -0.140. The number of anilines is 1. The Morgan fingerprint density at radius 1 is 0.875 bits per heavy atom. The number of hydrogen-bond donors (Lipinski definition) is 1. The molecule has 4 rings (SSSR count). The van der Waals surface area contributed by atoms with E-state index in [0.29, 0.717) is 27.9 Å². The zero-order valence-electron chi connectivity index (χ0n) is 27.0. The minimum Gasteiger partial charge on any atom is -0.495 e. The molecule has 1 unspecified atom stereocenters. The van der Waals surface area contributed by atoms with Gasteiger partial charge in [0.15, 0.2) is 0 Å². The number of carbonyl (C=O) groups excluding carboxylic acids is 2. The molecule has 4 aromatic rings. The zero-order chi connectivity index (χ0) is 34.8. The molecule has 0 aliphatic carbocycles. The number of carbonyl (C=O) groups is 2. The lowest BCUT2D eigenvalue weighted by Crippen LogP contribution is -2.53. The van der Waals surface area contributed by atoms with Crippen molar-refractivity contribution >= 4 is 62.3 Å². The summed E-state index contributed by atoms with van der Waals surface area (Å²) in [5, 5.41) is 3.72. The molecule has 0 fully saturated rings. The zero-order valence-corrected chi connectivity index (χ0v) is 30.0. The van der Waals surface area contributed by atoms with Gasteiger partial charge >= 0.3 is 0 Å². The number of nitrogens with zero attached hydrogens (tertiary/aromatic N) is 2. The van der Waals surface area contributed by atoms with E-state index < -0.39 is 28.5 Å². The molecule has 1 atom stereocenters. The van der Waals surface area contributed by atoms with E-state index in [-0.39, 0.29) is 34.5 Å². The van der Waals surface area contributed by atoms with Crippen LogP contribution < -0.4 is 14.4 Å². The lowest BCUT2D eigenvalue weighted by atomic mass is 10.0. The number of benzene rings is 4. The quantitative estimate of drug-likeness (QED) is 0.127. The summed E-state index contributed by atoms with van der Waals surface area (Å²) in [6, 6.07) is 24.0. The second kappa shape index (κ2) is 17.1. The van der Waals surface area contributed by atoms with E-state index in [4.69, 9.17) is 39.5 Å². The Labute approximate surface area is 297 Å². The molecule has 0 aliphatic heterocycles. The third-order valence-electron chi connectivity index (χ3n) is 7.80. The highest BCUT2D eigenvalue weighted by Crippen LogP contribution is 2.33. The maximum absolute atomic E-state index is 14.7. The molecule has 0 saturated heterocycles. The SMILES string of the molecule is CCCCNC(=O)C(Cc1ccccc1)N(Cc1c(Cl)cccc1Cl)C(=O)CN(c1ccc(OC)c(Cl)c1)S(=O)(=O)c1ccc(C)cc1. The van der Waals surface area contributed by atoms with E-state index in [1.54, 1.807) is 30.3 Å². The lowest BCUT2D eigenvalue weighted by Gasteiger charge is -2.34. The topological polar surface area (TPSA) is 96.0 Å². The van der Waals surface area contributed by atoms with Gasteiger partial charge in [0.2, 0.25) is 11.8 Å². The van der Waals surface area contributed by atoms with E-state index in [0.717, 1.165) is 28.3 Å². The first-order valence-corrected chi connectivity index (χ1v) is 18.0. The van der Waals surface area contributed by atoms with Crippen molar-refractivity contribution in [3.63, 3.8) is 0 Å². The first-order chi connectivity index (χ1) is 23.0. The summed E-state index contributed by atoms with van der Waals surface area (Å²) in [4.78, 5) is 29.9. The first-order valence-electron chi connectivity index (χ1n) is 15.4. The van der Waals surface area contributed by atoms with Crippen LogP contribution in [0, 0.1) is 6.92 Å². The van der Waals surface area contributed by atoms with E-state index in [1.807, 2.05) is 44.2 Å². The average molecular weight is 731 g/mol. The Bertz CT molecular complexity index is 1800. The highest BCUT2D eigenvalue weighted by molar-refractivity contribution is 7.92. The van der Waals surface area contributed by atoms with Crippen molar-refractivity contribution in [2.24, 2.45) is 0 Å². The molecular formula is C36H38Cl3N3O5S. The van der Waals surface area contributed by atoms with Crippen molar-refractivity contribution in [3.05, 3.63) is 123 Å². The monoisotopic (exact) mass is 729 g/mol. The second-order valence-corrected chi connectivity index (χ2v) is 14.3. The van der Waals surface area contributed by atoms with Crippen LogP contribution in [-0.2, 0) is 32.6 Å². The predicted molar refractivity (Wildman–Crippen MR) is 193 cm³/mol. The van der Waals surface area contributed by atoms with Crippen molar-refractivity contribution in [2.75, 3.05) is 24.5 Å². The Balaban J connectivity index is 1.85. The maximum atomic E-state index is 14.7. The fourth-order valence-corrected chi connectivity index (χ4v) is 7.27. The Kier molecular flexibility index (Phi) is 13.2. The van der Waals surface area contributed by atoms with E-state index in [2.05, 4.69) is 5.32 Å². The Hall–Kier alpha value is -3.76. The van der Waals surface area contributed by atoms with Gasteiger partial charge in [-0.05, 0) is 61.4 Å². The molecule has 254 valence electrons. The van der Waals surface area contributed by atoms with Crippen molar-refractivity contribution in [3.8, 4) is 5.75 Å². The number of halogens is 3. The number of unbranched alkanes of at least 4 members (excludes halogenated alkanes) is 1. The number of aryl methyl sites for hydroxylation is 1. The van der Waals surface area contributed by atoms with Gasteiger partial charge in [0, 0.05) is 35.1 Å². The van der Waals surface area contributed by atoms with Gasteiger partial charge in [0.1, 0.15) is 18.3 Å². The molecule has 0 aliphatic rings. The molecule has 0 saturated carbocycles. The molecule has 48 heavy (non-hydrogen) atoms. The van der Waals surface area contributed by atoms with Crippen LogP contribution in [0.4, 0.5) is 5.69 Å². The molecule has 1 N–H and O–H groups in total. The number of nitrogens with one attached hydrogen (secondary N) is 1. The summed E-state index contributed by atoms with van der Waals surface area (Å²) in [7, 11) is -2.87. The summed E-state index contributed by atoms with van der Waals surface area (Å²) < 4.78 is 34.8. The van der Waals surface area contributed by atoms with Gasteiger partial charge in [-0.25, -0.2) is 8.42 Å². The van der Waals surface area contributed by atoms with E-state index in [1.165, 1.54) is 42.3 Å². The fourth-order valence-electron chi connectivity index (χ4n) is 5.09. The summed E-state index contributed by atoms with van der Waals surface area (Å²) >= 11 is 19.6. The van der Waals surface area contributed by atoms with Crippen LogP contribution >= 0.6 is 34.8 Å². The molecule has 8 nitrogen and oxygen atoms in total. The molecule has 2 amide bonds. The number of methoxy groups -OCH3 is 1. The largest absolute Gasteiger partial charge is 0.495 e. The van der Waals surface area contributed by atoms with E-state index in [9.17, 15) is 18.0 Å². The minimum atomic E-state index is -4.31.